The van der Waals surface area contributed by atoms with E-state index in [0.717, 1.165) is 26.5 Å². The molecule has 0 fully saturated rings. The summed E-state index contributed by atoms with van der Waals surface area (Å²) in [4.78, 5) is 25.5. The number of benzene rings is 1. The average Bonchev–Trinajstić information content (AvgIpc) is 3.25. The van der Waals surface area contributed by atoms with Crippen molar-refractivity contribution in [3.8, 4) is 0 Å². The number of aromatic nitrogens is 2. The van der Waals surface area contributed by atoms with E-state index in [1.165, 1.54) is 0 Å². The van der Waals surface area contributed by atoms with Gasteiger partial charge in [0, 0.05) is 66.0 Å². The predicted molar refractivity (Wildman–Crippen MR) is 140 cm³/mol. The van der Waals surface area contributed by atoms with Crippen molar-refractivity contribution in [3.05, 3.63) is 46.5 Å². The SMILES string of the molecule is CCOC(C)CN(C)c1c(C(=O)NCCc2nccs2)cnc2c(SC(C)(C)C)cccc12. The summed E-state index contributed by atoms with van der Waals surface area (Å²) in [5.41, 5.74) is 2.38. The van der Waals surface area contributed by atoms with Crippen molar-refractivity contribution in [3.63, 3.8) is 0 Å². The number of para-hydroxylation sites is 1. The third-order valence-corrected chi connectivity index (χ3v) is 6.97. The smallest absolute Gasteiger partial charge is 0.254 e. The van der Waals surface area contributed by atoms with Gasteiger partial charge in [0.05, 0.1) is 27.9 Å². The molecule has 8 heteroatoms. The quantitative estimate of drug-likeness (QED) is 0.386. The Hall–Kier alpha value is -2.16. The predicted octanol–water partition coefficient (Wildman–Crippen LogP) is 5.42. The summed E-state index contributed by atoms with van der Waals surface area (Å²) in [6.45, 7) is 12.5. The van der Waals surface area contributed by atoms with Crippen molar-refractivity contribution < 1.29 is 9.53 Å². The van der Waals surface area contributed by atoms with E-state index >= 15 is 0 Å². The van der Waals surface area contributed by atoms with E-state index in [4.69, 9.17) is 9.72 Å². The van der Waals surface area contributed by atoms with E-state index in [0.29, 0.717) is 31.7 Å². The van der Waals surface area contributed by atoms with Crippen LogP contribution >= 0.6 is 23.1 Å². The van der Waals surface area contributed by atoms with E-state index in [1.807, 2.05) is 25.4 Å². The molecule has 0 radical (unpaired) electrons. The highest BCUT2D eigenvalue weighted by Crippen LogP contribution is 2.39. The first-order chi connectivity index (χ1) is 15.7. The van der Waals surface area contributed by atoms with Crippen molar-refractivity contribution in [1.82, 2.24) is 15.3 Å². The van der Waals surface area contributed by atoms with Crippen molar-refractivity contribution in [2.24, 2.45) is 0 Å². The number of amides is 1. The molecule has 1 unspecified atom stereocenters. The van der Waals surface area contributed by atoms with Crippen LogP contribution in [0.25, 0.3) is 10.9 Å². The number of fused-ring (bicyclic) bond motifs is 1. The van der Waals surface area contributed by atoms with E-state index < -0.39 is 0 Å². The third kappa shape index (κ3) is 6.91. The number of hydrogen-bond donors (Lipinski definition) is 1. The lowest BCUT2D eigenvalue weighted by atomic mass is 10.1. The minimum atomic E-state index is -0.124. The molecule has 2 heterocycles. The second kappa shape index (κ2) is 11.3. The van der Waals surface area contributed by atoms with Gasteiger partial charge in [0.15, 0.2) is 0 Å². The fourth-order valence-electron chi connectivity index (χ4n) is 3.74. The Bertz CT molecular complexity index is 1060. The summed E-state index contributed by atoms with van der Waals surface area (Å²) in [7, 11) is 2.01. The highest BCUT2D eigenvalue weighted by Gasteiger charge is 2.22. The minimum absolute atomic E-state index is 0.0381. The van der Waals surface area contributed by atoms with Crippen molar-refractivity contribution in [2.75, 3.05) is 31.6 Å². The van der Waals surface area contributed by atoms with E-state index in [9.17, 15) is 4.79 Å². The molecule has 6 nitrogen and oxygen atoms in total. The first-order valence-electron chi connectivity index (χ1n) is 11.3. The molecule has 178 valence electrons. The van der Waals surface area contributed by atoms with Crippen LogP contribution in [0.3, 0.4) is 0 Å². The molecule has 0 aliphatic carbocycles. The molecular weight excluding hydrogens is 452 g/mol. The number of pyridine rings is 1. The molecule has 0 aliphatic heterocycles. The summed E-state index contributed by atoms with van der Waals surface area (Å²) < 4.78 is 5.83. The van der Waals surface area contributed by atoms with Crippen molar-refractivity contribution >= 4 is 45.6 Å². The number of thiazole rings is 1. The normalized spacial score (nSPS) is 12.7. The summed E-state index contributed by atoms with van der Waals surface area (Å²) in [5.74, 6) is -0.124. The number of anilines is 1. The zero-order chi connectivity index (χ0) is 24.0. The number of rotatable bonds is 10. The summed E-state index contributed by atoms with van der Waals surface area (Å²) >= 11 is 3.39. The molecule has 3 aromatic rings. The molecule has 0 aliphatic rings. The molecule has 0 bridgehead atoms. The van der Waals surface area contributed by atoms with E-state index in [-0.39, 0.29) is 16.8 Å². The second-order valence-corrected chi connectivity index (χ2v) is 11.8. The molecule has 0 saturated carbocycles. The van der Waals surface area contributed by atoms with Crippen molar-refractivity contribution in [2.45, 2.75) is 56.8 Å². The number of nitrogens with one attached hydrogen (secondary N) is 1. The Labute approximate surface area is 205 Å². The largest absolute Gasteiger partial charge is 0.377 e. The summed E-state index contributed by atoms with van der Waals surface area (Å²) in [6.07, 6.45) is 4.25. The van der Waals surface area contributed by atoms with Crippen LogP contribution in [0.4, 0.5) is 5.69 Å². The number of nitrogens with zero attached hydrogens (tertiary/aromatic N) is 3. The van der Waals surface area contributed by atoms with Crippen LogP contribution < -0.4 is 10.2 Å². The third-order valence-electron chi connectivity index (χ3n) is 4.96. The number of thioether (sulfide) groups is 1. The van der Waals surface area contributed by atoms with Gasteiger partial charge in [0.1, 0.15) is 0 Å². The molecule has 1 atom stereocenters. The van der Waals surface area contributed by atoms with Crippen LogP contribution in [0, 0.1) is 0 Å². The van der Waals surface area contributed by atoms with Gasteiger partial charge >= 0.3 is 0 Å². The van der Waals surface area contributed by atoms with Gasteiger partial charge in [-0.1, -0.05) is 32.9 Å². The zero-order valence-electron chi connectivity index (χ0n) is 20.3. The first kappa shape index (κ1) is 25.5. The topological polar surface area (TPSA) is 67.3 Å². The van der Waals surface area contributed by atoms with Gasteiger partial charge in [-0.25, -0.2) is 4.98 Å². The number of likely N-dealkylation sites (N-methyl/N-ethyl adjacent to an activating group) is 1. The Balaban J connectivity index is 1.97. The van der Waals surface area contributed by atoms with Crippen LogP contribution in [-0.2, 0) is 11.2 Å². The number of hydrogen-bond acceptors (Lipinski definition) is 7. The monoisotopic (exact) mass is 486 g/mol. The maximum Gasteiger partial charge on any atom is 0.254 e. The Morgan fingerprint density at radius 2 is 2.09 bits per heavy atom. The summed E-state index contributed by atoms with van der Waals surface area (Å²) in [5, 5.41) is 6.99. The van der Waals surface area contributed by atoms with Gasteiger partial charge in [0.2, 0.25) is 0 Å². The maximum atomic E-state index is 13.2. The fourth-order valence-corrected chi connectivity index (χ4v) is 5.43. The van der Waals surface area contributed by atoms with Crippen LogP contribution in [-0.4, -0.2) is 53.5 Å². The average molecular weight is 487 g/mol. The van der Waals surface area contributed by atoms with Crippen molar-refractivity contribution in [1.29, 1.82) is 0 Å². The lowest BCUT2D eigenvalue weighted by molar-refractivity contribution is 0.0816. The molecule has 0 spiro atoms. The van der Waals surface area contributed by atoms with Gasteiger partial charge in [-0.05, 0) is 19.9 Å². The van der Waals surface area contributed by atoms with Crippen LogP contribution in [0.15, 0.2) is 40.9 Å². The molecule has 33 heavy (non-hydrogen) atoms. The molecule has 3 rings (SSSR count). The van der Waals surface area contributed by atoms with Gasteiger partial charge in [-0.15, -0.1) is 23.1 Å². The number of carbonyl (C=O) groups is 1. The van der Waals surface area contributed by atoms with Crippen LogP contribution in [0.2, 0.25) is 0 Å². The van der Waals surface area contributed by atoms with Gasteiger partial charge in [0.25, 0.3) is 5.91 Å². The zero-order valence-corrected chi connectivity index (χ0v) is 22.0. The fraction of sp³-hybridized carbons (Fsp3) is 0.480. The molecule has 1 amide bonds. The lowest BCUT2D eigenvalue weighted by Crippen LogP contribution is -2.33. The molecule has 2 aromatic heterocycles. The van der Waals surface area contributed by atoms with E-state index in [2.05, 4.69) is 55.0 Å². The summed E-state index contributed by atoms with van der Waals surface area (Å²) in [6, 6.07) is 6.20. The molecule has 0 saturated heterocycles. The lowest BCUT2D eigenvalue weighted by Gasteiger charge is -2.27. The molecule has 1 N–H and O–H groups in total. The van der Waals surface area contributed by atoms with Gasteiger partial charge < -0.3 is 15.0 Å². The Kier molecular flexibility index (Phi) is 8.73. The number of carbonyl (C=O) groups excluding carboxylic acids is 1. The highest BCUT2D eigenvalue weighted by atomic mass is 32.2. The molecular formula is C25H34N4O2S2. The Morgan fingerprint density at radius 3 is 2.76 bits per heavy atom. The first-order valence-corrected chi connectivity index (χ1v) is 13.0. The second-order valence-electron chi connectivity index (χ2n) is 8.97. The van der Waals surface area contributed by atoms with Crippen LogP contribution in [0.5, 0.6) is 0 Å². The minimum Gasteiger partial charge on any atom is -0.377 e. The maximum absolute atomic E-state index is 13.2. The number of ether oxygens (including phenoxy) is 1. The van der Waals surface area contributed by atoms with E-state index in [1.54, 1.807) is 35.5 Å². The molecule has 1 aromatic carbocycles. The van der Waals surface area contributed by atoms with Gasteiger partial charge in [-0.2, -0.15) is 0 Å². The van der Waals surface area contributed by atoms with Gasteiger partial charge in [-0.3, -0.25) is 9.78 Å². The standard InChI is InChI=1S/C25H34N4O2S2/c1-7-31-17(2)16-29(6)23-18-9-8-10-20(33-25(3,4)5)22(18)28-15-19(23)24(30)27-12-11-21-26-13-14-32-21/h8-10,13-15,17H,7,11-12,16H2,1-6H3,(H,27,30). The highest BCUT2D eigenvalue weighted by molar-refractivity contribution is 8.00. The Morgan fingerprint density at radius 1 is 1.30 bits per heavy atom. The van der Waals surface area contributed by atoms with Crippen LogP contribution in [0.1, 0.15) is 50.0 Å².